The Labute approximate surface area is 151 Å². The fraction of sp³-hybridized carbons (Fsp3) is 0.111. The van der Waals surface area contributed by atoms with Gasteiger partial charge in [0.1, 0.15) is 6.61 Å². The largest absolute Gasteiger partial charge is 0.485 e. The Morgan fingerprint density at radius 3 is 2.77 bits per heavy atom. The van der Waals surface area contributed by atoms with E-state index in [0.29, 0.717) is 27.9 Å². The van der Waals surface area contributed by atoms with Crippen LogP contribution in [0.15, 0.2) is 47.8 Å². The first-order chi connectivity index (χ1) is 12.6. The minimum Gasteiger partial charge on any atom is -0.485 e. The number of carbonyl (C=O) groups is 1. The van der Waals surface area contributed by atoms with Gasteiger partial charge in [-0.25, -0.2) is 13.8 Å². The van der Waals surface area contributed by atoms with Gasteiger partial charge < -0.3 is 9.47 Å². The van der Waals surface area contributed by atoms with E-state index in [4.69, 9.17) is 9.47 Å². The van der Waals surface area contributed by atoms with E-state index < -0.39 is 23.6 Å². The van der Waals surface area contributed by atoms with Crippen LogP contribution in [0.2, 0.25) is 0 Å². The van der Waals surface area contributed by atoms with Crippen molar-refractivity contribution < 1.29 is 23.0 Å². The second-order valence-corrected chi connectivity index (χ2v) is 6.38. The van der Waals surface area contributed by atoms with E-state index >= 15 is 0 Å². The number of hydrogen-bond donors (Lipinski definition) is 1. The van der Waals surface area contributed by atoms with Gasteiger partial charge in [0.2, 0.25) is 6.10 Å². The third kappa shape index (κ3) is 3.23. The molecule has 1 aliphatic heterocycles. The Kier molecular flexibility index (Phi) is 4.26. The van der Waals surface area contributed by atoms with Crippen LogP contribution >= 0.6 is 11.3 Å². The van der Waals surface area contributed by atoms with E-state index in [1.54, 1.807) is 23.6 Å². The third-order valence-corrected chi connectivity index (χ3v) is 4.51. The molecule has 8 heteroatoms. The summed E-state index contributed by atoms with van der Waals surface area (Å²) in [4.78, 5) is 16.6. The molecule has 26 heavy (non-hydrogen) atoms. The Hall–Kier alpha value is -3.00. The van der Waals surface area contributed by atoms with Crippen molar-refractivity contribution in [3.63, 3.8) is 0 Å². The molecule has 0 saturated heterocycles. The summed E-state index contributed by atoms with van der Waals surface area (Å²) in [5, 5.41) is 4.63. The van der Waals surface area contributed by atoms with Crippen LogP contribution in [0.5, 0.6) is 11.5 Å². The molecule has 1 N–H and O–H groups in total. The molecule has 0 bridgehead atoms. The monoisotopic (exact) mass is 374 g/mol. The topological polar surface area (TPSA) is 60.5 Å². The molecule has 132 valence electrons. The van der Waals surface area contributed by atoms with Crippen LogP contribution in [0.25, 0.3) is 11.3 Å². The first-order valence-electron chi connectivity index (χ1n) is 7.70. The molecule has 0 saturated carbocycles. The molecule has 1 aromatic heterocycles. The maximum atomic E-state index is 13.3. The van der Waals surface area contributed by atoms with Gasteiger partial charge in [0.15, 0.2) is 28.3 Å². The smallest absolute Gasteiger partial charge is 0.270 e. The molecular formula is C18H12F2N2O3S. The third-order valence-electron chi connectivity index (χ3n) is 3.75. The van der Waals surface area contributed by atoms with Crippen molar-refractivity contribution in [2.75, 3.05) is 11.9 Å². The predicted octanol–water partition coefficient (Wildman–Crippen LogP) is 3.87. The highest BCUT2D eigenvalue weighted by molar-refractivity contribution is 7.14. The number of benzene rings is 2. The highest BCUT2D eigenvalue weighted by Crippen LogP contribution is 2.31. The van der Waals surface area contributed by atoms with Gasteiger partial charge in [0, 0.05) is 10.9 Å². The SMILES string of the molecule is O=C(Nc1nc(-c2ccc(F)c(F)c2)cs1)C1COc2ccccc2O1. The normalized spacial score (nSPS) is 15.5. The number of aromatic nitrogens is 1. The summed E-state index contributed by atoms with van der Waals surface area (Å²) in [6, 6.07) is 10.6. The average Bonchev–Trinajstić information content (AvgIpc) is 3.12. The Morgan fingerprint density at radius 2 is 1.96 bits per heavy atom. The lowest BCUT2D eigenvalue weighted by Crippen LogP contribution is -2.40. The number of ether oxygens (including phenoxy) is 2. The molecule has 0 spiro atoms. The predicted molar refractivity (Wildman–Crippen MR) is 92.4 cm³/mol. The molecule has 0 aliphatic carbocycles. The summed E-state index contributed by atoms with van der Waals surface area (Å²) in [5.41, 5.74) is 0.863. The number of hydrogen-bond acceptors (Lipinski definition) is 5. The number of rotatable bonds is 3. The molecule has 2 aromatic carbocycles. The van der Waals surface area contributed by atoms with Crippen LogP contribution in [-0.2, 0) is 4.79 Å². The molecule has 4 rings (SSSR count). The van der Waals surface area contributed by atoms with E-state index in [0.717, 1.165) is 12.1 Å². The van der Waals surface area contributed by atoms with Crippen molar-refractivity contribution in [1.82, 2.24) is 4.98 Å². The van der Waals surface area contributed by atoms with Crippen LogP contribution in [0.3, 0.4) is 0 Å². The van der Waals surface area contributed by atoms with Crippen LogP contribution in [0.4, 0.5) is 13.9 Å². The van der Waals surface area contributed by atoms with Gasteiger partial charge >= 0.3 is 0 Å². The van der Waals surface area contributed by atoms with E-state index in [1.807, 2.05) is 6.07 Å². The van der Waals surface area contributed by atoms with Crippen LogP contribution in [0.1, 0.15) is 0 Å². The summed E-state index contributed by atoms with van der Waals surface area (Å²) in [7, 11) is 0. The summed E-state index contributed by atoms with van der Waals surface area (Å²) in [6.45, 7) is 0.0876. The number of nitrogens with zero attached hydrogens (tertiary/aromatic N) is 1. The zero-order chi connectivity index (χ0) is 18.1. The maximum Gasteiger partial charge on any atom is 0.270 e. The molecule has 1 amide bonds. The molecule has 0 radical (unpaired) electrons. The zero-order valence-electron chi connectivity index (χ0n) is 13.2. The fourth-order valence-electron chi connectivity index (χ4n) is 2.45. The Balaban J connectivity index is 1.46. The summed E-state index contributed by atoms with van der Waals surface area (Å²) in [6.07, 6.45) is -0.805. The van der Waals surface area contributed by atoms with Crippen molar-refractivity contribution in [2.45, 2.75) is 6.10 Å². The first kappa shape index (κ1) is 16.5. The lowest BCUT2D eigenvalue weighted by atomic mass is 10.2. The van der Waals surface area contributed by atoms with Gasteiger partial charge in [-0.15, -0.1) is 11.3 Å². The van der Waals surface area contributed by atoms with Gasteiger partial charge in [0.25, 0.3) is 5.91 Å². The molecular weight excluding hydrogens is 362 g/mol. The van der Waals surface area contributed by atoms with Crippen LogP contribution in [-0.4, -0.2) is 23.6 Å². The molecule has 0 fully saturated rings. The molecule has 5 nitrogen and oxygen atoms in total. The number of halogens is 2. The summed E-state index contributed by atoms with van der Waals surface area (Å²) in [5.74, 6) is -1.18. The molecule has 3 aromatic rings. The number of amides is 1. The van der Waals surface area contributed by atoms with Gasteiger partial charge in [-0.05, 0) is 30.3 Å². The minimum absolute atomic E-state index is 0.0876. The Morgan fingerprint density at radius 1 is 1.15 bits per heavy atom. The molecule has 2 heterocycles. The van der Waals surface area contributed by atoms with Crippen molar-refractivity contribution >= 4 is 22.4 Å². The lowest BCUT2D eigenvalue weighted by Gasteiger charge is -2.25. The second-order valence-electron chi connectivity index (χ2n) is 5.52. The van der Waals surface area contributed by atoms with Crippen molar-refractivity contribution in [3.05, 3.63) is 59.5 Å². The van der Waals surface area contributed by atoms with Crippen molar-refractivity contribution in [2.24, 2.45) is 0 Å². The maximum absolute atomic E-state index is 13.3. The fourth-order valence-corrected chi connectivity index (χ4v) is 3.18. The highest BCUT2D eigenvalue weighted by atomic mass is 32.1. The van der Waals surface area contributed by atoms with Crippen molar-refractivity contribution in [1.29, 1.82) is 0 Å². The first-order valence-corrected chi connectivity index (χ1v) is 8.58. The van der Waals surface area contributed by atoms with Gasteiger partial charge in [-0.2, -0.15) is 0 Å². The highest BCUT2D eigenvalue weighted by Gasteiger charge is 2.27. The van der Waals surface area contributed by atoms with E-state index in [2.05, 4.69) is 10.3 Å². The van der Waals surface area contributed by atoms with Crippen LogP contribution < -0.4 is 14.8 Å². The standard InChI is InChI=1S/C18H12F2N2O3S/c19-11-6-5-10(7-12(11)20)13-9-26-18(21-13)22-17(23)16-8-24-14-3-1-2-4-15(14)25-16/h1-7,9,16H,8H2,(H,21,22,23). The number of para-hydroxylation sites is 2. The molecule has 1 atom stereocenters. The number of carbonyl (C=O) groups excluding carboxylic acids is 1. The zero-order valence-corrected chi connectivity index (χ0v) is 14.1. The molecule has 1 aliphatic rings. The summed E-state index contributed by atoms with van der Waals surface area (Å²) >= 11 is 1.18. The van der Waals surface area contributed by atoms with Crippen molar-refractivity contribution in [3.8, 4) is 22.8 Å². The number of anilines is 1. The van der Waals surface area contributed by atoms with E-state index in [1.165, 1.54) is 17.4 Å². The van der Waals surface area contributed by atoms with E-state index in [-0.39, 0.29) is 6.61 Å². The number of nitrogens with one attached hydrogen (secondary N) is 1. The number of thiazole rings is 1. The molecule has 1 unspecified atom stereocenters. The van der Waals surface area contributed by atoms with E-state index in [9.17, 15) is 13.6 Å². The quantitative estimate of drug-likeness (QED) is 0.756. The second kappa shape index (κ2) is 6.72. The summed E-state index contributed by atoms with van der Waals surface area (Å²) < 4.78 is 37.5. The van der Waals surface area contributed by atoms with Gasteiger partial charge in [0.05, 0.1) is 5.69 Å². The minimum atomic E-state index is -0.951. The average molecular weight is 374 g/mol. The lowest BCUT2D eigenvalue weighted by molar-refractivity contribution is -0.125. The van der Waals surface area contributed by atoms with Crippen LogP contribution in [0, 0.1) is 11.6 Å². The number of fused-ring (bicyclic) bond motifs is 1. The Bertz CT molecular complexity index is 977. The van der Waals surface area contributed by atoms with Gasteiger partial charge in [-0.3, -0.25) is 10.1 Å². The van der Waals surface area contributed by atoms with Gasteiger partial charge in [-0.1, -0.05) is 12.1 Å².